The van der Waals surface area contributed by atoms with Crippen LogP contribution in [0.3, 0.4) is 0 Å². The van der Waals surface area contributed by atoms with Crippen LogP contribution in [0.25, 0.3) is 0 Å². The van der Waals surface area contributed by atoms with E-state index < -0.39 is 0 Å². The van der Waals surface area contributed by atoms with Crippen molar-refractivity contribution < 1.29 is 4.79 Å². The van der Waals surface area contributed by atoms with E-state index in [2.05, 4.69) is 17.3 Å². The molecule has 1 heterocycles. The number of rotatable bonds is 5. The predicted molar refractivity (Wildman–Crippen MR) is 71.1 cm³/mol. The van der Waals surface area contributed by atoms with Gasteiger partial charge in [0.2, 0.25) is 5.91 Å². The van der Waals surface area contributed by atoms with Crippen molar-refractivity contribution in [1.29, 1.82) is 0 Å². The van der Waals surface area contributed by atoms with E-state index >= 15 is 0 Å². The van der Waals surface area contributed by atoms with Gasteiger partial charge in [-0.05, 0) is 31.6 Å². The van der Waals surface area contributed by atoms with Gasteiger partial charge in [0.1, 0.15) is 6.54 Å². The number of anilines is 1. The molecule has 1 aliphatic rings. The minimum atomic E-state index is -0.367. The standard InChI is InChI=1S/C13H22N4O/c1-2-10-3-5-11(6-4-10)16-12-7-15-17(8-12)9-13(14)18/h7-8,10-11,16H,2-6,9H2,1H3,(H2,14,18). The first-order valence-corrected chi connectivity index (χ1v) is 6.74. The Hall–Kier alpha value is -1.52. The first-order valence-electron chi connectivity index (χ1n) is 6.74. The summed E-state index contributed by atoms with van der Waals surface area (Å²) in [7, 11) is 0. The molecule has 0 bridgehead atoms. The molecule has 0 radical (unpaired) electrons. The van der Waals surface area contributed by atoms with Gasteiger partial charge in [0.15, 0.2) is 0 Å². The first kappa shape index (κ1) is 12.9. The number of nitrogens with one attached hydrogen (secondary N) is 1. The highest BCUT2D eigenvalue weighted by molar-refractivity contribution is 5.73. The zero-order chi connectivity index (χ0) is 13.0. The molecule has 0 aliphatic heterocycles. The van der Waals surface area contributed by atoms with E-state index in [9.17, 15) is 4.79 Å². The largest absolute Gasteiger partial charge is 0.380 e. The van der Waals surface area contributed by atoms with Gasteiger partial charge in [0.05, 0.1) is 11.9 Å². The van der Waals surface area contributed by atoms with Crippen molar-refractivity contribution in [3.05, 3.63) is 12.4 Å². The summed E-state index contributed by atoms with van der Waals surface area (Å²) in [6.07, 6.45) is 9.96. The zero-order valence-electron chi connectivity index (χ0n) is 10.9. The van der Waals surface area contributed by atoms with Crippen LogP contribution in [0.15, 0.2) is 12.4 Å². The first-order chi connectivity index (χ1) is 8.67. The summed E-state index contributed by atoms with van der Waals surface area (Å²) in [5.74, 6) is 0.536. The number of primary amides is 1. The number of carbonyl (C=O) groups is 1. The summed E-state index contributed by atoms with van der Waals surface area (Å²) >= 11 is 0. The van der Waals surface area contributed by atoms with E-state index in [1.165, 1.54) is 32.1 Å². The smallest absolute Gasteiger partial charge is 0.239 e. The van der Waals surface area contributed by atoms with Crippen molar-refractivity contribution in [1.82, 2.24) is 9.78 Å². The number of carbonyl (C=O) groups excluding carboxylic acids is 1. The molecule has 3 N–H and O–H groups in total. The molecule has 18 heavy (non-hydrogen) atoms. The molecule has 1 amide bonds. The molecule has 0 spiro atoms. The number of nitrogens with two attached hydrogens (primary N) is 1. The quantitative estimate of drug-likeness (QED) is 0.836. The van der Waals surface area contributed by atoms with Crippen molar-refractivity contribution in [3.63, 3.8) is 0 Å². The van der Waals surface area contributed by atoms with Crippen molar-refractivity contribution in [2.24, 2.45) is 11.7 Å². The maximum absolute atomic E-state index is 10.8. The number of hydrogen-bond acceptors (Lipinski definition) is 3. The number of nitrogens with zero attached hydrogens (tertiary/aromatic N) is 2. The molecule has 1 fully saturated rings. The summed E-state index contributed by atoms with van der Waals surface area (Å²) in [6, 6.07) is 0.541. The Labute approximate surface area is 108 Å². The normalized spacial score (nSPS) is 23.8. The maximum Gasteiger partial charge on any atom is 0.239 e. The molecule has 5 nitrogen and oxygen atoms in total. The maximum atomic E-state index is 10.8. The molecular formula is C13H22N4O. The van der Waals surface area contributed by atoms with E-state index in [0.29, 0.717) is 6.04 Å². The highest BCUT2D eigenvalue weighted by atomic mass is 16.1. The highest BCUT2D eigenvalue weighted by Gasteiger charge is 2.19. The van der Waals surface area contributed by atoms with Gasteiger partial charge in [0.25, 0.3) is 0 Å². The Balaban J connectivity index is 1.83. The van der Waals surface area contributed by atoms with E-state index in [-0.39, 0.29) is 12.5 Å². The van der Waals surface area contributed by atoms with Gasteiger partial charge in [-0.25, -0.2) is 0 Å². The van der Waals surface area contributed by atoms with Gasteiger partial charge < -0.3 is 11.1 Å². The Morgan fingerprint density at radius 3 is 2.83 bits per heavy atom. The van der Waals surface area contributed by atoms with Gasteiger partial charge in [0, 0.05) is 12.2 Å². The van der Waals surface area contributed by atoms with Crippen molar-refractivity contribution in [3.8, 4) is 0 Å². The van der Waals surface area contributed by atoms with Crippen molar-refractivity contribution in [2.45, 2.75) is 51.6 Å². The second-order valence-corrected chi connectivity index (χ2v) is 5.16. The van der Waals surface area contributed by atoms with Gasteiger partial charge in [-0.1, -0.05) is 13.3 Å². The van der Waals surface area contributed by atoms with Crippen LogP contribution in [-0.4, -0.2) is 21.7 Å². The van der Waals surface area contributed by atoms with E-state index in [0.717, 1.165) is 11.6 Å². The van der Waals surface area contributed by atoms with Gasteiger partial charge in [-0.3, -0.25) is 9.48 Å². The van der Waals surface area contributed by atoms with Crippen LogP contribution in [-0.2, 0) is 11.3 Å². The molecular weight excluding hydrogens is 228 g/mol. The molecule has 1 aromatic rings. The van der Waals surface area contributed by atoms with Crippen LogP contribution in [0.2, 0.25) is 0 Å². The van der Waals surface area contributed by atoms with Crippen LogP contribution >= 0.6 is 0 Å². The van der Waals surface area contributed by atoms with Crippen LogP contribution in [0.1, 0.15) is 39.0 Å². The molecule has 0 aromatic carbocycles. The molecule has 100 valence electrons. The average Bonchev–Trinajstić information content (AvgIpc) is 2.76. The minimum Gasteiger partial charge on any atom is -0.380 e. The lowest BCUT2D eigenvalue weighted by Crippen LogP contribution is -2.25. The molecule has 5 heteroatoms. The summed E-state index contributed by atoms with van der Waals surface area (Å²) in [4.78, 5) is 10.8. The van der Waals surface area contributed by atoms with Gasteiger partial charge >= 0.3 is 0 Å². The molecule has 2 rings (SSSR count). The third-order valence-corrected chi connectivity index (χ3v) is 3.75. The van der Waals surface area contributed by atoms with E-state index in [1.54, 1.807) is 10.9 Å². The SMILES string of the molecule is CCC1CCC(Nc2cnn(CC(N)=O)c2)CC1. The minimum absolute atomic E-state index is 0.143. The fourth-order valence-corrected chi connectivity index (χ4v) is 2.63. The molecule has 0 atom stereocenters. The van der Waals surface area contributed by atoms with Gasteiger partial charge in [-0.15, -0.1) is 0 Å². The molecule has 1 saturated carbocycles. The van der Waals surface area contributed by atoms with Gasteiger partial charge in [-0.2, -0.15) is 5.10 Å². The monoisotopic (exact) mass is 250 g/mol. The predicted octanol–water partition coefficient (Wildman–Crippen LogP) is 1.75. The number of amides is 1. The average molecular weight is 250 g/mol. The fourth-order valence-electron chi connectivity index (χ4n) is 2.63. The molecule has 1 aliphatic carbocycles. The topological polar surface area (TPSA) is 72.9 Å². The van der Waals surface area contributed by atoms with Crippen molar-refractivity contribution in [2.75, 3.05) is 5.32 Å². The molecule has 0 saturated heterocycles. The molecule has 0 unspecified atom stereocenters. The van der Waals surface area contributed by atoms with Crippen LogP contribution in [0, 0.1) is 5.92 Å². The Bertz CT molecular complexity index is 393. The summed E-state index contributed by atoms with van der Waals surface area (Å²) < 4.78 is 1.57. The van der Waals surface area contributed by atoms with Crippen LogP contribution in [0.4, 0.5) is 5.69 Å². The third-order valence-electron chi connectivity index (χ3n) is 3.75. The Kier molecular flexibility index (Phi) is 4.23. The van der Waals surface area contributed by atoms with Crippen LogP contribution < -0.4 is 11.1 Å². The Morgan fingerprint density at radius 1 is 1.50 bits per heavy atom. The lowest BCUT2D eigenvalue weighted by molar-refractivity contribution is -0.118. The lowest BCUT2D eigenvalue weighted by Gasteiger charge is -2.28. The number of aromatic nitrogens is 2. The second-order valence-electron chi connectivity index (χ2n) is 5.16. The third kappa shape index (κ3) is 3.48. The van der Waals surface area contributed by atoms with E-state index in [1.807, 2.05) is 6.20 Å². The van der Waals surface area contributed by atoms with E-state index in [4.69, 9.17) is 5.73 Å². The summed E-state index contributed by atoms with van der Waals surface area (Å²) in [6.45, 7) is 2.41. The summed E-state index contributed by atoms with van der Waals surface area (Å²) in [5.41, 5.74) is 6.11. The summed E-state index contributed by atoms with van der Waals surface area (Å²) in [5, 5.41) is 7.59. The van der Waals surface area contributed by atoms with Crippen LogP contribution in [0.5, 0.6) is 0 Å². The second kappa shape index (κ2) is 5.89. The van der Waals surface area contributed by atoms with Crippen molar-refractivity contribution >= 4 is 11.6 Å². The zero-order valence-corrected chi connectivity index (χ0v) is 10.9. The lowest BCUT2D eigenvalue weighted by atomic mass is 9.84. The Morgan fingerprint density at radius 2 is 2.22 bits per heavy atom. The fraction of sp³-hybridized carbons (Fsp3) is 0.692. The molecule has 1 aromatic heterocycles. The highest BCUT2D eigenvalue weighted by Crippen LogP contribution is 2.28. The number of hydrogen-bond donors (Lipinski definition) is 2.